The van der Waals surface area contributed by atoms with Gasteiger partial charge in [0.2, 0.25) is 5.91 Å². The molecule has 4 heteroatoms. The molecule has 2 aromatic rings. The van der Waals surface area contributed by atoms with Gasteiger partial charge >= 0.3 is 0 Å². The van der Waals surface area contributed by atoms with E-state index in [-0.39, 0.29) is 0 Å². The fraction of sp³-hybridized carbons (Fsp3) is 0.133. The topological polar surface area (TPSA) is 55.1 Å². The number of amides is 1. The van der Waals surface area contributed by atoms with Crippen LogP contribution in [0.3, 0.4) is 0 Å². The average Bonchev–Trinajstić information content (AvgIpc) is 2.41. The third-order valence-electron chi connectivity index (χ3n) is 2.83. The first-order chi connectivity index (χ1) is 9.16. The number of anilines is 1. The fourth-order valence-corrected chi connectivity index (χ4v) is 2.03. The molecule has 0 radical (unpaired) electrons. The zero-order chi connectivity index (χ0) is 13.7. The average molecular weight is 275 g/mol. The molecule has 1 unspecified atom stereocenters. The number of nitrogens with two attached hydrogens (primary N) is 1. The number of carbonyl (C=O) groups excluding carboxylic acids is 1. The van der Waals surface area contributed by atoms with E-state index >= 15 is 0 Å². The van der Waals surface area contributed by atoms with Gasteiger partial charge in [-0.25, -0.2) is 0 Å². The molecule has 0 aliphatic rings. The van der Waals surface area contributed by atoms with Crippen molar-refractivity contribution in [2.24, 2.45) is 5.73 Å². The summed E-state index contributed by atoms with van der Waals surface area (Å²) in [5.41, 5.74) is 7.20. The molecule has 0 fully saturated rings. The fourth-order valence-electron chi connectivity index (χ4n) is 1.84. The van der Waals surface area contributed by atoms with Gasteiger partial charge in [-0.2, -0.15) is 0 Å². The Morgan fingerprint density at radius 1 is 1.11 bits per heavy atom. The molecule has 0 aliphatic heterocycles. The smallest absolute Gasteiger partial charge is 0.240 e. The van der Waals surface area contributed by atoms with Crippen LogP contribution in [0.25, 0.3) is 0 Å². The van der Waals surface area contributed by atoms with Crippen LogP contribution in [-0.2, 0) is 11.2 Å². The van der Waals surface area contributed by atoms with E-state index in [1.807, 2.05) is 48.5 Å². The second-order valence-corrected chi connectivity index (χ2v) is 4.68. The van der Waals surface area contributed by atoms with Gasteiger partial charge < -0.3 is 11.1 Å². The first kappa shape index (κ1) is 13.4. The summed E-state index contributed by atoms with van der Waals surface area (Å²) in [6.07, 6.45) is 0.529. The van der Waals surface area contributed by atoms with Crippen molar-refractivity contribution in [2.45, 2.75) is 12.5 Å². The molecular weight excluding hydrogens is 260 g/mol. The van der Waals surface area contributed by atoms with Crippen molar-refractivity contribution in [3.8, 4) is 0 Å². The number of hydrogen-bond donors (Lipinski definition) is 2. The molecule has 0 spiro atoms. The van der Waals surface area contributed by atoms with Crippen molar-refractivity contribution >= 4 is 23.2 Å². The van der Waals surface area contributed by atoms with E-state index in [1.54, 1.807) is 6.07 Å². The summed E-state index contributed by atoms with van der Waals surface area (Å²) in [7, 11) is 0. The first-order valence-corrected chi connectivity index (χ1v) is 6.39. The second-order valence-electron chi connectivity index (χ2n) is 4.27. The Morgan fingerprint density at radius 3 is 2.37 bits per heavy atom. The summed E-state index contributed by atoms with van der Waals surface area (Å²) >= 11 is 6.06. The van der Waals surface area contributed by atoms with Crippen LogP contribution < -0.4 is 11.1 Å². The van der Waals surface area contributed by atoms with E-state index < -0.39 is 11.9 Å². The lowest BCUT2D eigenvalue weighted by Crippen LogP contribution is -2.37. The predicted molar refractivity (Wildman–Crippen MR) is 78.2 cm³/mol. The summed E-state index contributed by atoms with van der Waals surface area (Å²) in [6, 6.07) is 16.5. The third-order valence-corrected chi connectivity index (χ3v) is 3.16. The third kappa shape index (κ3) is 3.73. The molecular formula is C15H15ClN2O. The van der Waals surface area contributed by atoms with Gasteiger partial charge in [-0.15, -0.1) is 0 Å². The molecule has 0 saturated carbocycles. The van der Waals surface area contributed by atoms with Crippen LogP contribution in [-0.4, -0.2) is 11.9 Å². The lowest BCUT2D eigenvalue weighted by molar-refractivity contribution is -0.118. The van der Waals surface area contributed by atoms with E-state index in [2.05, 4.69) is 5.32 Å². The minimum absolute atomic E-state index is 0.399. The number of primary amides is 1. The van der Waals surface area contributed by atoms with Crippen molar-refractivity contribution in [3.05, 3.63) is 65.2 Å². The van der Waals surface area contributed by atoms with Crippen molar-refractivity contribution in [2.75, 3.05) is 5.32 Å². The Morgan fingerprint density at radius 2 is 1.74 bits per heavy atom. The second kappa shape index (κ2) is 6.25. The normalized spacial score (nSPS) is 11.8. The SMILES string of the molecule is NC(=O)C(Cc1ccccc1)Nc1ccccc1Cl. The Hall–Kier alpha value is -2.00. The largest absolute Gasteiger partial charge is 0.372 e. The van der Waals surface area contributed by atoms with Crippen LogP contribution in [0.5, 0.6) is 0 Å². The van der Waals surface area contributed by atoms with Crippen molar-refractivity contribution < 1.29 is 4.79 Å². The Kier molecular flexibility index (Phi) is 4.42. The molecule has 0 aliphatic carbocycles. The minimum atomic E-state index is -0.484. The highest BCUT2D eigenvalue weighted by molar-refractivity contribution is 6.33. The summed E-state index contributed by atoms with van der Waals surface area (Å²) < 4.78 is 0. The standard InChI is InChI=1S/C15H15ClN2O/c16-12-8-4-5-9-13(12)18-14(15(17)19)10-11-6-2-1-3-7-11/h1-9,14,18H,10H2,(H2,17,19). The van der Waals surface area contributed by atoms with Crippen LogP contribution in [0.4, 0.5) is 5.69 Å². The number of benzene rings is 2. The molecule has 3 nitrogen and oxygen atoms in total. The van der Waals surface area contributed by atoms with E-state index in [0.29, 0.717) is 17.1 Å². The van der Waals surface area contributed by atoms with E-state index in [4.69, 9.17) is 17.3 Å². The van der Waals surface area contributed by atoms with Crippen molar-refractivity contribution in [3.63, 3.8) is 0 Å². The summed E-state index contributed by atoms with van der Waals surface area (Å²) in [5, 5.41) is 3.66. The van der Waals surface area contributed by atoms with E-state index in [0.717, 1.165) is 5.56 Å². The van der Waals surface area contributed by atoms with Gasteiger partial charge in [0, 0.05) is 6.42 Å². The zero-order valence-corrected chi connectivity index (χ0v) is 11.1. The number of para-hydroxylation sites is 1. The number of hydrogen-bond acceptors (Lipinski definition) is 2. The van der Waals surface area contributed by atoms with Crippen LogP contribution in [0, 0.1) is 0 Å². The van der Waals surface area contributed by atoms with Gasteiger partial charge in [-0.1, -0.05) is 54.1 Å². The monoisotopic (exact) mass is 274 g/mol. The van der Waals surface area contributed by atoms with Crippen LogP contribution in [0.2, 0.25) is 5.02 Å². The van der Waals surface area contributed by atoms with Gasteiger partial charge in [0.1, 0.15) is 6.04 Å². The van der Waals surface area contributed by atoms with Crippen molar-refractivity contribution in [1.29, 1.82) is 0 Å². The first-order valence-electron chi connectivity index (χ1n) is 6.01. The molecule has 3 N–H and O–H groups in total. The number of rotatable bonds is 5. The molecule has 0 bridgehead atoms. The van der Waals surface area contributed by atoms with Crippen LogP contribution in [0.1, 0.15) is 5.56 Å². The maximum atomic E-state index is 11.5. The highest BCUT2D eigenvalue weighted by Gasteiger charge is 2.16. The molecule has 0 aromatic heterocycles. The van der Waals surface area contributed by atoms with Gasteiger partial charge in [-0.05, 0) is 17.7 Å². The number of carbonyl (C=O) groups is 1. The zero-order valence-electron chi connectivity index (χ0n) is 10.3. The van der Waals surface area contributed by atoms with Gasteiger partial charge in [0.05, 0.1) is 10.7 Å². The lowest BCUT2D eigenvalue weighted by Gasteiger charge is -2.17. The Labute approximate surface area is 117 Å². The van der Waals surface area contributed by atoms with Gasteiger partial charge in [0.25, 0.3) is 0 Å². The quantitative estimate of drug-likeness (QED) is 0.881. The molecule has 0 saturated heterocycles. The van der Waals surface area contributed by atoms with Gasteiger partial charge in [0.15, 0.2) is 0 Å². The molecule has 19 heavy (non-hydrogen) atoms. The molecule has 0 heterocycles. The maximum absolute atomic E-state index is 11.5. The minimum Gasteiger partial charge on any atom is -0.372 e. The number of nitrogens with one attached hydrogen (secondary N) is 1. The molecule has 2 rings (SSSR count). The summed E-state index contributed by atoms with van der Waals surface area (Å²) in [5.74, 6) is -0.399. The van der Waals surface area contributed by atoms with E-state index in [9.17, 15) is 4.79 Å². The van der Waals surface area contributed by atoms with Gasteiger partial charge in [-0.3, -0.25) is 4.79 Å². The molecule has 2 aromatic carbocycles. The van der Waals surface area contributed by atoms with Crippen molar-refractivity contribution in [1.82, 2.24) is 0 Å². The predicted octanol–water partition coefficient (Wildman–Crippen LogP) is 2.85. The molecule has 1 amide bonds. The summed E-state index contributed by atoms with van der Waals surface area (Å²) in [6.45, 7) is 0. The summed E-state index contributed by atoms with van der Waals surface area (Å²) in [4.78, 5) is 11.5. The Balaban J connectivity index is 2.13. The molecule has 1 atom stereocenters. The van der Waals surface area contributed by atoms with E-state index in [1.165, 1.54) is 0 Å². The highest BCUT2D eigenvalue weighted by atomic mass is 35.5. The molecule has 98 valence electrons. The highest BCUT2D eigenvalue weighted by Crippen LogP contribution is 2.22. The number of halogens is 1. The maximum Gasteiger partial charge on any atom is 0.240 e. The Bertz CT molecular complexity index is 557. The lowest BCUT2D eigenvalue weighted by atomic mass is 10.1. The van der Waals surface area contributed by atoms with Crippen LogP contribution in [0.15, 0.2) is 54.6 Å². The van der Waals surface area contributed by atoms with Crippen LogP contribution >= 0.6 is 11.6 Å².